The molecule has 0 heterocycles. The summed E-state index contributed by atoms with van der Waals surface area (Å²) in [6.07, 6.45) is 0.695. The average molecular weight is 272 g/mol. The van der Waals surface area contributed by atoms with Crippen LogP contribution in [0.3, 0.4) is 0 Å². The van der Waals surface area contributed by atoms with E-state index in [0.717, 1.165) is 0 Å². The highest BCUT2D eigenvalue weighted by molar-refractivity contribution is 7.34. The van der Waals surface area contributed by atoms with Gasteiger partial charge in [-0.2, -0.15) is 0 Å². The summed E-state index contributed by atoms with van der Waals surface area (Å²) >= 11 is 0. The minimum Gasteiger partial charge on any atom is -0.298 e. The van der Waals surface area contributed by atoms with Crippen molar-refractivity contribution in [1.82, 2.24) is 0 Å². The Hall–Kier alpha value is -1.79. The van der Waals surface area contributed by atoms with Crippen molar-refractivity contribution in [2.75, 3.05) is 0 Å². The first-order valence-electron chi connectivity index (χ1n) is 6.00. The predicted octanol–water partition coefficient (Wildman–Crippen LogP) is 4.03. The molecule has 0 radical (unpaired) electrons. The topological polar surface area (TPSA) is 34.1 Å². The Morgan fingerprint density at radius 1 is 0.895 bits per heavy atom. The molecule has 0 saturated carbocycles. The maximum atomic E-state index is 10.3. The van der Waals surface area contributed by atoms with Gasteiger partial charge in [-0.15, -0.1) is 0 Å². The molecule has 0 amide bonds. The van der Waals surface area contributed by atoms with Gasteiger partial charge in [0.15, 0.2) is 14.7 Å². The number of aldehydes is 1. The van der Waals surface area contributed by atoms with E-state index < -0.39 is 0 Å². The maximum absolute atomic E-state index is 10.3. The third kappa shape index (κ3) is 4.42. The van der Waals surface area contributed by atoms with Gasteiger partial charge in [-0.1, -0.05) is 36.4 Å². The summed E-state index contributed by atoms with van der Waals surface area (Å²) in [6, 6.07) is 13.1. The lowest BCUT2D eigenvalue weighted by atomic mass is 10.1. The molecule has 2 nitrogen and oxygen atoms in total. The van der Waals surface area contributed by atoms with E-state index in [1.165, 1.54) is 16.7 Å². The molecule has 2 rings (SSSR count). The van der Waals surface area contributed by atoms with E-state index in [9.17, 15) is 9.36 Å². The van der Waals surface area contributed by atoms with Crippen molar-refractivity contribution in [3.63, 3.8) is 0 Å². The molecular weight excluding hydrogens is 255 g/mol. The molecule has 2 aromatic rings. The van der Waals surface area contributed by atoms with Gasteiger partial charge in [-0.25, -0.2) is 0 Å². The minimum absolute atomic E-state index is 0.103. The summed E-state index contributed by atoms with van der Waals surface area (Å²) < 4.78 is 10.3. The number of aryl methyl sites for hydroxylation is 2. The molecule has 0 unspecified atom stereocenters. The fraction of sp³-hybridized carbons (Fsp3) is 0.188. The molecule has 0 fully saturated rings. The zero-order valence-electron chi connectivity index (χ0n) is 11.4. The summed E-state index contributed by atoms with van der Waals surface area (Å²) in [5.74, 6) is 0. The third-order valence-electron chi connectivity index (χ3n) is 3.04. The van der Waals surface area contributed by atoms with Crippen LogP contribution >= 0.6 is 8.46 Å². The van der Waals surface area contributed by atoms with Crippen LogP contribution in [0.4, 0.5) is 0 Å². The van der Waals surface area contributed by atoms with Gasteiger partial charge in [0.2, 0.25) is 0 Å². The highest BCUT2D eigenvalue weighted by Crippen LogP contribution is 2.09. The van der Waals surface area contributed by atoms with Crippen LogP contribution in [-0.2, 0) is 4.57 Å². The highest BCUT2D eigenvalue weighted by atomic mass is 31.1. The van der Waals surface area contributed by atoms with Gasteiger partial charge in [0, 0.05) is 5.56 Å². The van der Waals surface area contributed by atoms with Gasteiger partial charge in [0.1, 0.15) is 0 Å². The van der Waals surface area contributed by atoms with Crippen LogP contribution in [0.5, 0.6) is 0 Å². The van der Waals surface area contributed by atoms with Crippen LogP contribution in [0.2, 0.25) is 0 Å². The average Bonchev–Trinajstić information content (AvgIpc) is 2.45. The molecule has 0 aliphatic carbocycles. The van der Waals surface area contributed by atoms with Gasteiger partial charge in [-0.3, -0.25) is 9.36 Å². The number of hydrogen-bond acceptors (Lipinski definition) is 2. The van der Waals surface area contributed by atoms with Crippen molar-refractivity contribution < 1.29 is 9.36 Å². The van der Waals surface area contributed by atoms with Crippen LogP contribution in [0, 0.1) is 20.8 Å². The Balaban J connectivity index is 0.000000191. The molecule has 3 heteroatoms. The van der Waals surface area contributed by atoms with E-state index in [-0.39, 0.29) is 8.46 Å². The van der Waals surface area contributed by atoms with Gasteiger partial charge < -0.3 is 0 Å². The van der Waals surface area contributed by atoms with Gasteiger partial charge in [0.05, 0.1) is 5.30 Å². The number of carbonyl (C=O) groups excluding carboxylic acids is 1. The summed E-state index contributed by atoms with van der Waals surface area (Å²) in [4.78, 5) is 10.2. The van der Waals surface area contributed by atoms with Crippen LogP contribution in [-0.4, -0.2) is 6.29 Å². The second-order valence-electron chi connectivity index (χ2n) is 4.28. The Morgan fingerprint density at radius 2 is 1.47 bits per heavy atom. The van der Waals surface area contributed by atoms with Crippen molar-refractivity contribution in [2.24, 2.45) is 0 Å². The summed E-state index contributed by atoms with van der Waals surface area (Å²) in [5, 5.41) is 0.539. The van der Waals surface area contributed by atoms with Gasteiger partial charge in [-0.05, 0) is 43.5 Å². The quantitative estimate of drug-likeness (QED) is 0.611. The predicted molar refractivity (Wildman–Crippen MR) is 79.7 cm³/mol. The first kappa shape index (κ1) is 15.3. The first-order chi connectivity index (χ1) is 9.10. The molecule has 0 aliphatic heterocycles. The third-order valence-corrected chi connectivity index (χ3v) is 3.64. The molecule has 0 bridgehead atoms. The van der Waals surface area contributed by atoms with Crippen molar-refractivity contribution in [2.45, 2.75) is 20.8 Å². The second kappa shape index (κ2) is 7.60. The van der Waals surface area contributed by atoms with Gasteiger partial charge in [0.25, 0.3) is 0 Å². The van der Waals surface area contributed by atoms with Crippen molar-refractivity contribution in [1.29, 1.82) is 0 Å². The van der Waals surface area contributed by atoms with E-state index >= 15 is 0 Å². The molecule has 0 saturated heterocycles. The number of hydrogen-bond donors (Lipinski definition) is 0. The molecule has 98 valence electrons. The summed E-state index contributed by atoms with van der Waals surface area (Å²) in [7, 11) is -0.103. The van der Waals surface area contributed by atoms with Crippen molar-refractivity contribution in [3.8, 4) is 0 Å². The molecule has 0 atom stereocenters. The van der Waals surface area contributed by atoms with Gasteiger partial charge >= 0.3 is 0 Å². The normalized spacial score (nSPS) is 9.63. The summed E-state index contributed by atoms with van der Waals surface area (Å²) in [6.45, 7) is 6.44. The van der Waals surface area contributed by atoms with E-state index in [1.54, 1.807) is 24.3 Å². The number of rotatable bonds is 2. The number of carbonyl (C=O) groups is 1. The highest BCUT2D eigenvalue weighted by Gasteiger charge is 1.96. The lowest BCUT2D eigenvalue weighted by Crippen LogP contribution is -1.98. The smallest absolute Gasteiger partial charge is 0.193 e. The van der Waals surface area contributed by atoms with E-state index in [0.29, 0.717) is 17.2 Å². The molecule has 2 aromatic carbocycles. The van der Waals surface area contributed by atoms with E-state index in [1.807, 2.05) is 0 Å². The van der Waals surface area contributed by atoms with Crippen LogP contribution in [0.25, 0.3) is 0 Å². The largest absolute Gasteiger partial charge is 0.298 e. The fourth-order valence-electron chi connectivity index (χ4n) is 1.57. The minimum atomic E-state index is -0.103. The first-order valence-corrected chi connectivity index (χ1v) is 6.81. The Bertz CT molecular complexity index is 529. The van der Waals surface area contributed by atoms with E-state index in [4.69, 9.17) is 0 Å². The Kier molecular flexibility index (Phi) is 6.11. The van der Waals surface area contributed by atoms with E-state index in [2.05, 4.69) is 39.0 Å². The van der Waals surface area contributed by atoms with Crippen LogP contribution < -0.4 is 5.30 Å². The Labute approximate surface area is 115 Å². The van der Waals surface area contributed by atoms with Crippen LogP contribution in [0.15, 0.2) is 42.5 Å². The lowest BCUT2D eigenvalue weighted by molar-refractivity contribution is 0.112. The summed E-state index contributed by atoms with van der Waals surface area (Å²) in [5.41, 5.74) is 4.67. The number of benzene rings is 2. The molecule has 0 spiro atoms. The lowest BCUT2D eigenvalue weighted by Gasteiger charge is -2.00. The monoisotopic (exact) mass is 272 g/mol. The SMILES string of the molecule is Cc1cccc(C)c1C.O=Cc1ccccc1P=O. The fourth-order valence-corrected chi connectivity index (χ4v) is 1.95. The zero-order chi connectivity index (χ0) is 14.3. The van der Waals surface area contributed by atoms with Crippen molar-refractivity contribution in [3.05, 3.63) is 64.7 Å². The second-order valence-corrected chi connectivity index (χ2v) is 4.95. The van der Waals surface area contributed by atoms with Crippen molar-refractivity contribution >= 4 is 20.1 Å². The standard InChI is InChI=1S/C9H12.C7H5O2P/c1-7-5-4-6-8(2)9(7)3;8-5-6-3-1-2-4-7(6)10-9/h4-6H,1-3H3;1-5H. The molecular formula is C16H17O2P. The van der Waals surface area contributed by atoms with Crippen LogP contribution in [0.1, 0.15) is 27.0 Å². The molecule has 0 aliphatic rings. The molecule has 0 aromatic heterocycles. The Morgan fingerprint density at radius 3 is 1.89 bits per heavy atom. The zero-order valence-corrected chi connectivity index (χ0v) is 12.3. The molecule has 19 heavy (non-hydrogen) atoms. The maximum Gasteiger partial charge on any atom is 0.193 e. The molecule has 0 N–H and O–H groups in total.